The summed E-state index contributed by atoms with van der Waals surface area (Å²) in [4.78, 5) is 14.2. The first kappa shape index (κ1) is 14.2. The van der Waals surface area contributed by atoms with Crippen LogP contribution in [0, 0.1) is 0 Å². The van der Waals surface area contributed by atoms with E-state index < -0.39 is 0 Å². The molecule has 0 bridgehead atoms. The van der Waals surface area contributed by atoms with Crippen LogP contribution in [0.5, 0.6) is 0 Å². The third-order valence-corrected chi connectivity index (χ3v) is 4.27. The first-order valence-corrected chi connectivity index (χ1v) is 7.43. The highest BCUT2D eigenvalue weighted by molar-refractivity contribution is 6.42. The second-order valence-corrected chi connectivity index (χ2v) is 5.87. The van der Waals surface area contributed by atoms with Gasteiger partial charge in [-0.15, -0.1) is 0 Å². The number of nitrogens with one attached hydrogen (secondary N) is 1. The van der Waals surface area contributed by atoms with Crippen molar-refractivity contribution < 1.29 is 4.79 Å². The number of halogens is 2. The van der Waals surface area contributed by atoms with Gasteiger partial charge in [-0.05, 0) is 36.8 Å². The number of rotatable bonds is 2. The largest absolute Gasteiger partial charge is 0.372 e. The molecule has 0 aromatic heterocycles. The third kappa shape index (κ3) is 2.71. The van der Waals surface area contributed by atoms with Crippen molar-refractivity contribution in [3.63, 3.8) is 0 Å². The molecule has 2 aromatic rings. The highest BCUT2D eigenvalue weighted by atomic mass is 35.5. The maximum atomic E-state index is 12.4. The van der Waals surface area contributed by atoms with Crippen molar-refractivity contribution in [2.45, 2.75) is 19.5 Å². The molecule has 1 unspecified atom stereocenters. The Hall–Kier alpha value is -1.71. The smallest absolute Gasteiger partial charge is 0.249 e. The molecule has 1 heterocycles. The highest BCUT2D eigenvalue weighted by Gasteiger charge is 2.29. The van der Waals surface area contributed by atoms with Gasteiger partial charge in [0.05, 0.1) is 28.0 Å². The number of amides is 1. The summed E-state index contributed by atoms with van der Waals surface area (Å²) >= 11 is 12.0. The number of carbonyl (C=O) groups is 1. The molecule has 0 saturated carbocycles. The number of nitrogens with zero attached hydrogens (tertiary/aromatic N) is 1. The lowest BCUT2D eigenvalue weighted by atomic mass is 10.1. The topological polar surface area (TPSA) is 32.3 Å². The Morgan fingerprint density at radius 2 is 1.90 bits per heavy atom. The molecule has 0 aliphatic carbocycles. The normalized spacial score (nSPS) is 17.4. The summed E-state index contributed by atoms with van der Waals surface area (Å²) in [6.07, 6.45) is 0. The zero-order valence-electron chi connectivity index (χ0n) is 11.4. The van der Waals surface area contributed by atoms with E-state index in [1.165, 1.54) is 0 Å². The molecule has 5 heteroatoms. The predicted octanol–water partition coefficient (Wildman–Crippen LogP) is 4.34. The highest BCUT2D eigenvalue weighted by Crippen LogP contribution is 2.33. The molecule has 1 aliphatic rings. The number of hydrogen-bond acceptors (Lipinski definition) is 2. The Bertz CT molecular complexity index is 702. The summed E-state index contributed by atoms with van der Waals surface area (Å²) < 4.78 is 0. The molecular weight excluding hydrogens is 307 g/mol. The SMILES string of the molecule is CC1Nc2ccccc2N(Cc2ccc(Cl)c(Cl)c2)C1=O. The van der Waals surface area contributed by atoms with E-state index in [2.05, 4.69) is 5.32 Å². The van der Waals surface area contributed by atoms with Crippen LogP contribution in [0.2, 0.25) is 10.0 Å². The lowest BCUT2D eigenvalue weighted by Crippen LogP contribution is -2.45. The predicted molar refractivity (Wildman–Crippen MR) is 87.2 cm³/mol. The lowest BCUT2D eigenvalue weighted by Gasteiger charge is -2.34. The summed E-state index contributed by atoms with van der Waals surface area (Å²) in [6, 6.07) is 13.0. The molecule has 0 spiro atoms. The van der Waals surface area contributed by atoms with Crippen LogP contribution in [0.1, 0.15) is 12.5 Å². The zero-order valence-corrected chi connectivity index (χ0v) is 12.9. The van der Waals surface area contributed by atoms with Crippen LogP contribution in [0.15, 0.2) is 42.5 Å². The monoisotopic (exact) mass is 320 g/mol. The van der Waals surface area contributed by atoms with Crippen LogP contribution >= 0.6 is 23.2 Å². The van der Waals surface area contributed by atoms with Gasteiger partial charge in [0.15, 0.2) is 0 Å². The van der Waals surface area contributed by atoms with Crippen LogP contribution in [-0.2, 0) is 11.3 Å². The summed E-state index contributed by atoms with van der Waals surface area (Å²) in [6.45, 7) is 2.33. The summed E-state index contributed by atoms with van der Waals surface area (Å²) in [5, 5.41) is 4.22. The lowest BCUT2D eigenvalue weighted by molar-refractivity contribution is -0.119. The molecule has 1 amide bonds. The van der Waals surface area contributed by atoms with Crippen LogP contribution in [0.25, 0.3) is 0 Å². The first-order chi connectivity index (χ1) is 10.1. The summed E-state index contributed by atoms with van der Waals surface area (Å²) in [5.74, 6) is 0.0415. The van der Waals surface area contributed by atoms with E-state index in [1.807, 2.05) is 37.3 Å². The molecular formula is C16H14Cl2N2O. The number of benzene rings is 2. The molecule has 0 saturated heterocycles. The van der Waals surface area contributed by atoms with Gasteiger partial charge in [-0.3, -0.25) is 4.79 Å². The fourth-order valence-electron chi connectivity index (χ4n) is 2.46. The van der Waals surface area contributed by atoms with Crippen molar-refractivity contribution in [3.8, 4) is 0 Å². The number of carbonyl (C=O) groups excluding carboxylic acids is 1. The van der Waals surface area contributed by atoms with Gasteiger partial charge in [0.1, 0.15) is 6.04 Å². The Balaban J connectivity index is 1.96. The van der Waals surface area contributed by atoms with Crippen LogP contribution < -0.4 is 10.2 Å². The molecule has 2 aromatic carbocycles. The average molecular weight is 321 g/mol. The van der Waals surface area contributed by atoms with E-state index in [4.69, 9.17) is 23.2 Å². The van der Waals surface area contributed by atoms with Gasteiger partial charge in [-0.2, -0.15) is 0 Å². The molecule has 1 aliphatic heterocycles. The minimum atomic E-state index is -0.248. The maximum absolute atomic E-state index is 12.4. The molecule has 3 nitrogen and oxygen atoms in total. The summed E-state index contributed by atoms with van der Waals surface area (Å²) in [5.41, 5.74) is 2.79. The second kappa shape index (κ2) is 5.58. The van der Waals surface area contributed by atoms with E-state index >= 15 is 0 Å². The Kier molecular flexibility index (Phi) is 3.79. The van der Waals surface area contributed by atoms with E-state index in [0.717, 1.165) is 16.9 Å². The second-order valence-electron chi connectivity index (χ2n) is 5.06. The fraction of sp³-hybridized carbons (Fsp3) is 0.188. The van der Waals surface area contributed by atoms with Gasteiger partial charge in [0.25, 0.3) is 0 Å². The van der Waals surface area contributed by atoms with E-state index in [9.17, 15) is 4.79 Å². The number of anilines is 2. The molecule has 0 radical (unpaired) electrons. The van der Waals surface area contributed by atoms with Gasteiger partial charge in [-0.1, -0.05) is 41.4 Å². The van der Waals surface area contributed by atoms with E-state index in [0.29, 0.717) is 16.6 Å². The Labute approximate surface area is 133 Å². The van der Waals surface area contributed by atoms with Crippen molar-refractivity contribution in [2.24, 2.45) is 0 Å². The Morgan fingerprint density at radius 1 is 1.14 bits per heavy atom. The average Bonchev–Trinajstić information content (AvgIpc) is 2.47. The number of fused-ring (bicyclic) bond motifs is 1. The van der Waals surface area contributed by atoms with E-state index in [-0.39, 0.29) is 11.9 Å². The van der Waals surface area contributed by atoms with Crippen LogP contribution in [0.3, 0.4) is 0 Å². The standard InChI is InChI=1S/C16H14Cl2N2O/c1-10-16(21)20(15-5-3-2-4-14(15)19-10)9-11-6-7-12(17)13(18)8-11/h2-8,10,19H,9H2,1H3. The minimum absolute atomic E-state index is 0.0415. The quantitative estimate of drug-likeness (QED) is 0.892. The molecule has 3 rings (SSSR count). The van der Waals surface area contributed by atoms with Gasteiger partial charge in [-0.25, -0.2) is 0 Å². The zero-order chi connectivity index (χ0) is 15.0. The molecule has 1 atom stereocenters. The third-order valence-electron chi connectivity index (χ3n) is 3.53. The van der Waals surface area contributed by atoms with Crippen molar-refractivity contribution in [1.29, 1.82) is 0 Å². The number of hydrogen-bond donors (Lipinski definition) is 1. The van der Waals surface area contributed by atoms with Crippen molar-refractivity contribution in [1.82, 2.24) is 0 Å². The fourth-order valence-corrected chi connectivity index (χ4v) is 2.78. The van der Waals surface area contributed by atoms with Gasteiger partial charge >= 0.3 is 0 Å². The molecule has 1 N–H and O–H groups in total. The maximum Gasteiger partial charge on any atom is 0.249 e. The molecule has 108 valence electrons. The van der Waals surface area contributed by atoms with Gasteiger partial charge in [0.2, 0.25) is 5.91 Å². The van der Waals surface area contributed by atoms with E-state index in [1.54, 1.807) is 17.0 Å². The van der Waals surface area contributed by atoms with Crippen molar-refractivity contribution in [3.05, 3.63) is 58.1 Å². The molecule has 0 fully saturated rings. The van der Waals surface area contributed by atoms with Crippen molar-refractivity contribution >= 4 is 40.5 Å². The summed E-state index contributed by atoms with van der Waals surface area (Å²) in [7, 11) is 0. The minimum Gasteiger partial charge on any atom is -0.372 e. The first-order valence-electron chi connectivity index (χ1n) is 6.67. The van der Waals surface area contributed by atoms with Crippen molar-refractivity contribution in [2.75, 3.05) is 10.2 Å². The van der Waals surface area contributed by atoms with Crippen LogP contribution in [-0.4, -0.2) is 11.9 Å². The molecule has 21 heavy (non-hydrogen) atoms. The van der Waals surface area contributed by atoms with Crippen LogP contribution in [0.4, 0.5) is 11.4 Å². The number of para-hydroxylation sites is 2. The Morgan fingerprint density at radius 3 is 2.67 bits per heavy atom. The van der Waals surface area contributed by atoms with Gasteiger partial charge in [0, 0.05) is 0 Å². The van der Waals surface area contributed by atoms with Gasteiger partial charge < -0.3 is 10.2 Å².